The van der Waals surface area contributed by atoms with Crippen molar-refractivity contribution in [3.63, 3.8) is 0 Å². The number of rotatable bonds is 7. The van der Waals surface area contributed by atoms with Gasteiger partial charge in [0.2, 0.25) is 0 Å². The zero-order chi connectivity index (χ0) is 17.5. The van der Waals surface area contributed by atoms with Gasteiger partial charge in [0, 0.05) is 18.6 Å². The average molecular weight is 342 g/mol. The van der Waals surface area contributed by atoms with Crippen LogP contribution in [0.5, 0.6) is 5.75 Å². The Morgan fingerprint density at radius 2 is 1.58 bits per heavy atom. The van der Waals surface area contributed by atoms with E-state index in [2.05, 4.69) is 6.92 Å². The average Bonchev–Trinajstić information content (AvgIpc) is 2.57. The van der Waals surface area contributed by atoms with Gasteiger partial charge < -0.3 is 4.74 Å². The molecule has 1 aromatic rings. The molecular formula is C19H25F3O2. The predicted molar refractivity (Wildman–Crippen MR) is 86.2 cm³/mol. The Kier molecular flexibility index (Phi) is 7.13. The van der Waals surface area contributed by atoms with Crippen LogP contribution in [0, 0.1) is 29.3 Å². The minimum atomic E-state index is -1.56. The van der Waals surface area contributed by atoms with Crippen molar-refractivity contribution in [1.29, 1.82) is 0 Å². The largest absolute Gasteiger partial charge is 0.426 e. The van der Waals surface area contributed by atoms with Crippen LogP contribution >= 0.6 is 0 Å². The number of unbranched alkanes of at least 4 members (excludes halogenated alkanes) is 1. The zero-order valence-electron chi connectivity index (χ0n) is 14.1. The Labute approximate surface area is 141 Å². The summed E-state index contributed by atoms with van der Waals surface area (Å²) in [7, 11) is 0. The Bertz CT molecular complexity index is 529. The molecule has 0 N–H and O–H groups in total. The Morgan fingerprint density at radius 1 is 1.04 bits per heavy atom. The van der Waals surface area contributed by atoms with E-state index in [1.165, 1.54) is 32.1 Å². The van der Waals surface area contributed by atoms with Gasteiger partial charge in [-0.1, -0.05) is 51.9 Å². The minimum Gasteiger partial charge on any atom is -0.426 e. The van der Waals surface area contributed by atoms with Crippen molar-refractivity contribution in [2.45, 2.75) is 64.7 Å². The van der Waals surface area contributed by atoms with Crippen LogP contribution in [-0.2, 0) is 4.79 Å². The summed E-state index contributed by atoms with van der Waals surface area (Å²) in [4.78, 5) is 11.8. The molecule has 1 aromatic carbocycles. The molecule has 1 aliphatic carbocycles. The molecule has 134 valence electrons. The third-order valence-electron chi connectivity index (χ3n) is 4.88. The summed E-state index contributed by atoms with van der Waals surface area (Å²) in [5.74, 6) is -3.77. The molecule has 0 amide bonds. The van der Waals surface area contributed by atoms with E-state index < -0.39 is 23.4 Å². The Hall–Kier alpha value is -1.52. The summed E-state index contributed by atoms with van der Waals surface area (Å²) < 4.78 is 43.9. The van der Waals surface area contributed by atoms with E-state index in [-0.39, 0.29) is 12.2 Å². The predicted octanol–water partition coefficient (Wildman–Crippen LogP) is 5.79. The van der Waals surface area contributed by atoms with Crippen LogP contribution in [0.25, 0.3) is 0 Å². The summed E-state index contributed by atoms with van der Waals surface area (Å²) in [5.41, 5.74) is 0. The first-order chi connectivity index (χ1) is 11.5. The van der Waals surface area contributed by atoms with Crippen molar-refractivity contribution in [3.05, 3.63) is 29.6 Å². The second kappa shape index (κ2) is 9.09. The number of hydrogen-bond acceptors (Lipinski definition) is 2. The molecule has 1 fully saturated rings. The molecule has 2 rings (SSSR count). The van der Waals surface area contributed by atoms with E-state index in [1.807, 2.05) is 0 Å². The third kappa shape index (κ3) is 5.53. The highest BCUT2D eigenvalue weighted by atomic mass is 19.2. The van der Waals surface area contributed by atoms with Gasteiger partial charge in [-0.25, -0.2) is 13.2 Å². The molecule has 0 radical (unpaired) electrons. The van der Waals surface area contributed by atoms with Crippen LogP contribution in [0.2, 0.25) is 0 Å². The van der Waals surface area contributed by atoms with Crippen LogP contribution in [-0.4, -0.2) is 5.97 Å². The summed E-state index contributed by atoms with van der Waals surface area (Å²) in [6, 6.07) is 1.38. The van der Waals surface area contributed by atoms with E-state index in [0.717, 1.165) is 25.2 Å². The zero-order valence-corrected chi connectivity index (χ0v) is 14.1. The molecule has 1 aliphatic rings. The van der Waals surface area contributed by atoms with Gasteiger partial charge in [0.1, 0.15) is 5.75 Å². The number of carbonyl (C=O) groups is 1. The number of halogens is 3. The number of benzene rings is 1. The highest BCUT2D eigenvalue weighted by Crippen LogP contribution is 2.34. The van der Waals surface area contributed by atoms with Gasteiger partial charge in [-0.3, -0.25) is 4.79 Å². The fraction of sp³-hybridized carbons (Fsp3) is 0.632. The normalized spacial score (nSPS) is 20.8. The molecule has 1 saturated carbocycles. The SMILES string of the molecule is CCCCC1CCC(CCC(=O)Oc2cc(F)c(F)c(F)c2)CC1. The van der Waals surface area contributed by atoms with Gasteiger partial charge in [-0.2, -0.15) is 0 Å². The quantitative estimate of drug-likeness (QED) is 0.356. The van der Waals surface area contributed by atoms with Gasteiger partial charge in [-0.15, -0.1) is 0 Å². The molecule has 0 saturated heterocycles. The maximum absolute atomic E-state index is 13.1. The lowest BCUT2D eigenvalue weighted by Gasteiger charge is -2.28. The van der Waals surface area contributed by atoms with Crippen molar-refractivity contribution in [2.24, 2.45) is 11.8 Å². The molecule has 0 unspecified atom stereocenters. The van der Waals surface area contributed by atoms with Crippen LogP contribution in [0.1, 0.15) is 64.7 Å². The maximum atomic E-state index is 13.1. The van der Waals surface area contributed by atoms with Crippen molar-refractivity contribution < 1.29 is 22.7 Å². The van der Waals surface area contributed by atoms with Gasteiger partial charge in [0.15, 0.2) is 17.5 Å². The molecule has 0 spiro atoms. The van der Waals surface area contributed by atoms with Gasteiger partial charge >= 0.3 is 5.97 Å². The summed E-state index contributed by atoms with van der Waals surface area (Å²) in [6.07, 6.45) is 9.44. The molecule has 2 nitrogen and oxygen atoms in total. The fourth-order valence-electron chi connectivity index (χ4n) is 3.40. The number of esters is 1. The smallest absolute Gasteiger partial charge is 0.311 e. The number of ether oxygens (including phenoxy) is 1. The standard InChI is InChI=1S/C19H25F3O2/c1-2-3-4-13-5-7-14(8-6-13)9-10-18(23)24-15-11-16(20)19(22)17(21)12-15/h11-14H,2-10H2,1H3. The monoisotopic (exact) mass is 342 g/mol. The second-order valence-corrected chi connectivity index (χ2v) is 6.74. The highest BCUT2D eigenvalue weighted by Gasteiger charge is 2.22. The first-order valence-corrected chi connectivity index (χ1v) is 8.84. The summed E-state index contributed by atoms with van der Waals surface area (Å²) in [6.45, 7) is 2.20. The molecule has 24 heavy (non-hydrogen) atoms. The second-order valence-electron chi connectivity index (χ2n) is 6.74. The van der Waals surface area contributed by atoms with E-state index in [0.29, 0.717) is 18.1 Å². The first-order valence-electron chi connectivity index (χ1n) is 8.84. The number of hydrogen-bond donors (Lipinski definition) is 0. The van der Waals surface area contributed by atoms with E-state index in [4.69, 9.17) is 4.74 Å². The lowest BCUT2D eigenvalue weighted by Crippen LogP contribution is -2.17. The summed E-state index contributed by atoms with van der Waals surface area (Å²) in [5, 5.41) is 0. The highest BCUT2D eigenvalue weighted by molar-refractivity contribution is 5.72. The molecule has 0 atom stereocenters. The maximum Gasteiger partial charge on any atom is 0.311 e. The summed E-state index contributed by atoms with van der Waals surface area (Å²) >= 11 is 0. The molecule has 0 heterocycles. The molecular weight excluding hydrogens is 317 g/mol. The van der Waals surface area contributed by atoms with Gasteiger partial charge in [0.25, 0.3) is 0 Å². The Balaban J connectivity index is 1.72. The first kappa shape index (κ1) is 18.8. The van der Waals surface area contributed by atoms with E-state index in [1.54, 1.807) is 0 Å². The third-order valence-corrected chi connectivity index (χ3v) is 4.88. The van der Waals surface area contributed by atoms with Crippen molar-refractivity contribution in [2.75, 3.05) is 0 Å². The van der Waals surface area contributed by atoms with Crippen LogP contribution in [0.15, 0.2) is 12.1 Å². The molecule has 0 bridgehead atoms. The van der Waals surface area contributed by atoms with Crippen molar-refractivity contribution in [1.82, 2.24) is 0 Å². The van der Waals surface area contributed by atoms with Gasteiger partial charge in [0.05, 0.1) is 0 Å². The lowest BCUT2D eigenvalue weighted by molar-refractivity contribution is -0.134. The van der Waals surface area contributed by atoms with Crippen LogP contribution in [0.3, 0.4) is 0 Å². The fourth-order valence-corrected chi connectivity index (χ4v) is 3.40. The number of carbonyl (C=O) groups excluding carboxylic acids is 1. The topological polar surface area (TPSA) is 26.3 Å². The Morgan fingerprint density at radius 3 is 2.12 bits per heavy atom. The molecule has 0 aromatic heterocycles. The molecule has 0 aliphatic heterocycles. The van der Waals surface area contributed by atoms with Gasteiger partial charge in [-0.05, 0) is 18.3 Å². The van der Waals surface area contributed by atoms with Crippen molar-refractivity contribution >= 4 is 5.97 Å². The van der Waals surface area contributed by atoms with Crippen LogP contribution < -0.4 is 4.74 Å². The van der Waals surface area contributed by atoms with E-state index in [9.17, 15) is 18.0 Å². The van der Waals surface area contributed by atoms with Crippen LogP contribution in [0.4, 0.5) is 13.2 Å². The minimum absolute atomic E-state index is 0.213. The molecule has 5 heteroatoms. The van der Waals surface area contributed by atoms with Crippen molar-refractivity contribution in [3.8, 4) is 5.75 Å². The van der Waals surface area contributed by atoms with E-state index >= 15 is 0 Å². The lowest BCUT2D eigenvalue weighted by atomic mass is 9.78.